The molecule has 0 nitrogen and oxygen atoms in total. The SMILES string of the molecule is CCC(F)(F)C(F)(F)C(F)(F)C(F)(F)C(F)(F)C(F)(F)C(F)(F)C(F)(F)C(F)(F)C(F)(F)CC(F)(F)C(F)(F)F. The van der Waals surface area contributed by atoms with E-state index in [0.29, 0.717) is 0 Å². The minimum atomic E-state index is -9.40. The monoisotopic (exact) mass is 662 g/mol. The predicted octanol–water partition coefficient (Wildman–Crippen LogP) is 9.34. The van der Waals surface area contributed by atoms with Crippen LogP contribution in [-0.2, 0) is 0 Å². The van der Waals surface area contributed by atoms with E-state index in [4.69, 9.17) is 0 Å². The van der Waals surface area contributed by atoms with Crippen LogP contribution in [0.3, 0.4) is 0 Å². The van der Waals surface area contributed by atoms with E-state index in [-0.39, 0.29) is 6.92 Å². The maximum Gasteiger partial charge on any atom is 0.453 e. The van der Waals surface area contributed by atoms with Crippen molar-refractivity contribution in [3.8, 4) is 0 Å². The molecule has 0 N–H and O–H groups in total. The quantitative estimate of drug-likeness (QED) is 0.183. The average Bonchev–Trinajstić information content (AvgIpc) is 2.70. The fraction of sp³-hybridized carbons (Fsp3) is 1.00. The second-order valence-electron chi connectivity index (χ2n) is 7.74. The number of alkyl halides is 25. The summed E-state index contributed by atoms with van der Waals surface area (Å²) in [5.74, 6) is -93.7. The minimum absolute atomic E-state index is 0.270. The summed E-state index contributed by atoms with van der Waals surface area (Å²) >= 11 is 0. The van der Waals surface area contributed by atoms with Crippen LogP contribution in [0.5, 0.6) is 0 Å². The smallest absolute Gasteiger partial charge is 0.200 e. The summed E-state index contributed by atoms with van der Waals surface area (Å²) in [6, 6.07) is 0. The molecule has 0 saturated heterocycles. The van der Waals surface area contributed by atoms with Crippen LogP contribution in [0.2, 0.25) is 0 Å². The summed E-state index contributed by atoms with van der Waals surface area (Å²) in [6.07, 6.45) is -15.2. The first kappa shape index (κ1) is 38.2. The Labute approximate surface area is 202 Å². The molecule has 0 aliphatic heterocycles. The molecule has 0 aromatic carbocycles. The molecule has 0 aliphatic rings. The van der Waals surface area contributed by atoms with Gasteiger partial charge in [-0.15, -0.1) is 0 Å². The molecule has 0 rings (SSSR count). The lowest BCUT2D eigenvalue weighted by Gasteiger charge is -2.45. The highest BCUT2D eigenvalue weighted by Crippen LogP contribution is 2.66. The van der Waals surface area contributed by atoms with Gasteiger partial charge in [0.05, 0.1) is 6.42 Å². The molecule has 0 fully saturated rings. The highest BCUT2D eigenvalue weighted by atomic mass is 19.4. The maximum absolute atomic E-state index is 13.6. The average molecular weight is 662 g/mol. The molecular weight excluding hydrogens is 655 g/mol. The van der Waals surface area contributed by atoms with E-state index in [1.807, 2.05) is 0 Å². The van der Waals surface area contributed by atoms with Crippen molar-refractivity contribution < 1.29 is 110 Å². The molecule has 40 heavy (non-hydrogen) atoms. The lowest BCUT2D eigenvalue weighted by atomic mass is 9.84. The van der Waals surface area contributed by atoms with Gasteiger partial charge < -0.3 is 0 Å². The summed E-state index contributed by atoms with van der Waals surface area (Å²) in [5.41, 5.74) is 0. The van der Waals surface area contributed by atoms with Gasteiger partial charge in [0.25, 0.3) is 0 Å². The summed E-state index contributed by atoms with van der Waals surface area (Å²) in [4.78, 5) is 0. The Morgan fingerprint density at radius 2 is 0.475 bits per heavy atom. The topological polar surface area (TPSA) is 0 Å². The van der Waals surface area contributed by atoms with E-state index >= 15 is 0 Å². The van der Waals surface area contributed by atoms with Gasteiger partial charge in [0, 0.05) is 6.42 Å². The molecule has 0 aromatic rings. The van der Waals surface area contributed by atoms with Gasteiger partial charge in [-0.1, -0.05) is 6.92 Å². The Hall–Kier alpha value is -1.75. The van der Waals surface area contributed by atoms with Crippen molar-refractivity contribution in [2.45, 2.75) is 91.1 Å². The van der Waals surface area contributed by atoms with Crippen LogP contribution in [-0.4, -0.2) is 71.3 Å². The zero-order chi connectivity index (χ0) is 33.4. The Kier molecular flexibility index (Phi) is 8.97. The lowest BCUT2D eigenvalue weighted by Crippen LogP contribution is -2.77. The zero-order valence-corrected chi connectivity index (χ0v) is 17.9. The van der Waals surface area contributed by atoms with Gasteiger partial charge in [0.1, 0.15) is 0 Å². The van der Waals surface area contributed by atoms with Crippen LogP contribution in [0, 0.1) is 0 Å². The van der Waals surface area contributed by atoms with Crippen LogP contribution in [0.15, 0.2) is 0 Å². The van der Waals surface area contributed by atoms with Crippen molar-refractivity contribution in [1.29, 1.82) is 0 Å². The molecule has 0 spiro atoms. The fourth-order valence-electron chi connectivity index (χ4n) is 2.35. The maximum atomic E-state index is 13.6. The Balaban J connectivity index is 7.14. The normalized spacial score (nSPS) is 16.9. The van der Waals surface area contributed by atoms with Gasteiger partial charge >= 0.3 is 71.3 Å². The van der Waals surface area contributed by atoms with Gasteiger partial charge in [0.2, 0.25) is 0 Å². The summed E-state index contributed by atoms with van der Waals surface area (Å²) in [5, 5.41) is 0. The molecule has 0 aromatic heterocycles. The molecule has 0 radical (unpaired) electrons. The standard InChI is InChI=1S/C15H7F25/c1-2-4(16,17)7(22,23)9(26,27)11(30,31)13(34,35)14(36,37)12(32,33)10(28,29)8(24,25)5(18,19)3-6(20,21)15(38,39)40/h2-3H2,1H3. The van der Waals surface area contributed by atoms with E-state index in [1.54, 1.807) is 0 Å². The van der Waals surface area contributed by atoms with Crippen LogP contribution in [0.1, 0.15) is 19.8 Å². The Morgan fingerprint density at radius 1 is 0.275 bits per heavy atom. The minimum Gasteiger partial charge on any atom is -0.200 e. The second kappa shape index (κ2) is 9.38. The lowest BCUT2D eigenvalue weighted by molar-refractivity contribution is -0.470. The van der Waals surface area contributed by atoms with Gasteiger partial charge in [-0.2, -0.15) is 110 Å². The molecular formula is C15H7F25. The van der Waals surface area contributed by atoms with Crippen LogP contribution in [0.4, 0.5) is 110 Å². The van der Waals surface area contributed by atoms with Crippen molar-refractivity contribution in [3.05, 3.63) is 0 Å². The van der Waals surface area contributed by atoms with Crippen LogP contribution >= 0.6 is 0 Å². The highest BCUT2D eigenvalue weighted by molar-refractivity contribution is 5.18. The van der Waals surface area contributed by atoms with E-state index in [1.165, 1.54) is 0 Å². The van der Waals surface area contributed by atoms with Crippen molar-refractivity contribution in [2.75, 3.05) is 0 Å². The van der Waals surface area contributed by atoms with Crippen molar-refractivity contribution in [3.63, 3.8) is 0 Å². The molecule has 0 unspecified atom stereocenters. The third-order valence-electron chi connectivity index (χ3n) is 4.98. The largest absolute Gasteiger partial charge is 0.453 e. The van der Waals surface area contributed by atoms with Gasteiger partial charge in [0.15, 0.2) is 0 Å². The molecule has 25 heteroatoms. The van der Waals surface area contributed by atoms with Gasteiger partial charge in [-0.3, -0.25) is 0 Å². The number of halogens is 25. The van der Waals surface area contributed by atoms with E-state index in [2.05, 4.69) is 0 Å². The Morgan fingerprint density at radius 3 is 0.675 bits per heavy atom. The number of hydrogen-bond donors (Lipinski definition) is 0. The van der Waals surface area contributed by atoms with Crippen molar-refractivity contribution >= 4 is 0 Å². The van der Waals surface area contributed by atoms with E-state index in [9.17, 15) is 110 Å². The summed E-state index contributed by atoms with van der Waals surface area (Å²) < 4.78 is 329. The number of rotatable bonds is 12. The first-order valence-corrected chi connectivity index (χ1v) is 8.99. The van der Waals surface area contributed by atoms with Crippen LogP contribution in [0.25, 0.3) is 0 Å². The summed E-state index contributed by atoms with van der Waals surface area (Å²) in [7, 11) is 0. The summed E-state index contributed by atoms with van der Waals surface area (Å²) in [6.45, 7) is -0.270. The predicted molar refractivity (Wildman–Crippen MR) is 75.4 cm³/mol. The zero-order valence-electron chi connectivity index (χ0n) is 17.9. The molecule has 0 amide bonds. The van der Waals surface area contributed by atoms with Crippen LogP contribution < -0.4 is 0 Å². The third-order valence-corrected chi connectivity index (χ3v) is 4.98. The van der Waals surface area contributed by atoms with Gasteiger partial charge in [-0.25, -0.2) is 0 Å². The highest BCUT2D eigenvalue weighted by Gasteiger charge is 2.97. The number of hydrogen-bond acceptors (Lipinski definition) is 0. The molecule has 0 aliphatic carbocycles. The fourth-order valence-corrected chi connectivity index (χ4v) is 2.35. The van der Waals surface area contributed by atoms with E-state index in [0.717, 1.165) is 0 Å². The second-order valence-corrected chi connectivity index (χ2v) is 7.74. The molecule has 0 atom stereocenters. The molecule has 0 heterocycles. The van der Waals surface area contributed by atoms with Gasteiger partial charge in [-0.05, 0) is 0 Å². The Bertz CT molecular complexity index is 904. The molecule has 242 valence electrons. The third kappa shape index (κ3) is 4.76. The molecule has 0 bridgehead atoms. The van der Waals surface area contributed by atoms with E-state index < -0.39 is 84.2 Å². The van der Waals surface area contributed by atoms with Crippen molar-refractivity contribution in [1.82, 2.24) is 0 Å². The first-order valence-electron chi connectivity index (χ1n) is 8.99. The first-order chi connectivity index (χ1) is 16.8. The van der Waals surface area contributed by atoms with Crippen molar-refractivity contribution in [2.24, 2.45) is 0 Å². The molecule has 0 saturated carbocycles.